The van der Waals surface area contributed by atoms with Gasteiger partial charge in [0.25, 0.3) is 0 Å². The Morgan fingerprint density at radius 1 is 0.941 bits per heavy atom. The summed E-state index contributed by atoms with van der Waals surface area (Å²) >= 11 is 1.64. The number of hydrogen-bond donors (Lipinski definition) is 1. The maximum Gasteiger partial charge on any atom is 0.322 e. The number of rotatable bonds is 10. The molecule has 3 rings (SSSR count). The number of amides is 3. The van der Waals surface area contributed by atoms with E-state index in [1.807, 2.05) is 84.8 Å². The van der Waals surface area contributed by atoms with Gasteiger partial charge in [-0.25, -0.2) is 4.79 Å². The Morgan fingerprint density at radius 3 is 2.35 bits per heavy atom. The lowest BCUT2D eigenvalue weighted by Gasteiger charge is -2.29. The maximum atomic E-state index is 13.5. The smallest absolute Gasteiger partial charge is 0.322 e. The second kappa shape index (κ2) is 12.4. The van der Waals surface area contributed by atoms with Gasteiger partial charge in [-0.15, -0.1) is 11.3 Å². The molecule has 1 unspecified atom stereocenters. The van der Waals surface area contributed by atoms with E-state index in [9.17, 15) is 9.59 Å². The van der Waals surface area contributed by atoms with E-state index in [0.29, 0.717) is 19.6 Å². The number of carbonyl (C=O) groups is 2. The van der Waals surface area contributed by atoms with Gasteiger partial charge in [0.05, 0.1) is 6.54 Å². The summed E-state index contributed by atoms with van der Waals surface area (Å²) < 4.78 is 0. The molecule has 2 aromatic carbocycles. The zero-order valence-corrected chi connectivity index (χ0v) is 21.4. The van der Waals surface area contributed by atoms with E-state index in [2.05, 4.69) is 19.2 Å². The van der Waals surface area contributed by atoms with Crippen molar-refractivity contribution in [1.29, 1.82) is 0 Å². The highest BCUT2D eigenvalue weighted by molar-refractivity contribution is 7.09. The van der Waals surface area contributed by atoms with Crippen molar-refractivity contribution in [3.63, 3.8) is 0 Å². The van der Waals surface area contributed by atoms with Crippen LogP contribution in [0.25, 0.3) is 0 Å². The summed E-state index contributed by atoms with van der Waals surface area (Å²) in [4.78, 5) is 31.4. The number of nitrogens with one attached hydrogen (secondary N) is 1. The molecule has 0 aliphatic rings. The lowest BCUT2D eigenvalue weighted by atomic mass is 10.1. The summed E-state index contributed by atoms with van der Waals surface area (Å²) in [6.07, 6.45) is 0.935. The molecule has 1 heterocycles. The van der Waals surface area contributed by atoms with Gasteiger partial charge < -0.3 is 15.1 Å². The fraction of sp³-hybridized carbons (Fsp3) is 0.357. The van der Waals surface area contributed by atoms with Crippen LogP contribution in [0.4, 0.5) is 10.5 Å². The molecular weight excluding hydrogens is 442 g/mol. The highest BCUT2D eigenvalue weighted by Crippen LogP contribution is 2.18. The predicted octanol–water partition coefficient (Wildman–Crippen LogP) is 6.47. The molecule has 0 aliphatic carbocycles. The van der Waals surface area contributed by atoms with Crippen molar-refractivity contribution in [3.05, 3.63) is 87.6 Å². The third-order valence-corrected chi connectivity index (χ3v) is 6.96. The van der Waals surface area contributed by atoms with E-state index in [0.717, 1.165) is 28.1 Å². The molecule has 0 saturated heterocycles. The molecule has 3 aromatic rings. The van der Waals surface area contributed by atoms with Crippen molar-refractivity contribution in [2.75, 3.05) is 18.4 Å². The SMILES string of the molecule is CCC(C)CN(CC(=O)N(Cc1ccccc1)Cc1cccs1)C(=O)Nc1ccc(C)c(C)c1. The third-order valence-electron chi connectivity index (χ3n) is 6.10. The van der Waals surface area contributed by atoms with Crippen LogP contribution < -0.4 is 5.32 Å². The van der Waals surface area contributed by atoms with Crippen molar-refractivity contribution in [3.8, 4) is 0 Å². The van der Waals surface area contributed by atoms with E-state index in [4.69, 9.17) is 0 Å². The molecule has 0 saturated carbocycles. The number of carbonyl (C=O) groups excluding carboxylic acids is 2. The summed E-state index contributed by atoms with van der Waals surface area (Å²) in [5.74, 6) is 0.231. The molecule has 0 spiro atoms. The number of benzene rings is 2. The number of hydrogen-bond acceptors (Lipinski definition) is 3. The van der Waals surface area contributed by atoms with Crippen molar-refractivity contribution in [2.24, 2.45) is 5.92 Å². The molecule has 180 valence electrons. The number of aryl methyl sites for hydroxylation is 2. The zero-order valence-electron chi connectivity index (χ0n) is 20.6. The van der Waals surface area contributed by atoms with E-state index in [1.165, 1.54) is 5.56 Å². The van der Waals surface area contributed by atoms with Crippen LogP contribution in [0, 0.1) is 19.8 Å². The lowest BCUT2D eigenvalue weighted by molar-refractivity contribution is -0.133. The Bertz CT molecular complexity index is 1070. The van der Waals surface area contributed by atoms with E-state index >= 15 is 0 Å². The second-order valence-electron chi connectivity index (χ2n) is 8.94. The highest BCUT2D eigenvalue weighted by Gasteiger charge is 2.23. The van der Waals surface area contributed by atoms with Gasteiger partial charge in [0.2, 0.25) is 5.91 Å². The van der Waals surface area contributed by atoms with Crippen LogP contribution in [0.5, 0.6) is 0 Å². The molecule has 0 fully saturated rings. The second-order valence-corrected chi connectivity index (χ2v) is 9.97. The highest BCUT2D eigenvalue weighted by atomic mass is 32.1. The van der Waals surface area contributed by atoms with Crippen molar-refractivity contribution >= 4 is 29.0 Å². The number of urea groups is 1. The molecule has 1 atom stereocenters. The zero-order chi connectivity index (χ0) is 24.5. The molecular formula is C28H35N3O2S. The fourth-order valence-electron chi connectivity index (χ4n) is 3.64. The van der Waals surface area contributed by atoms with Crippen LogP contribution in [0.3, 0.4) is 0 Å². The molecule has 3 amide bonds. The Kier molecular flexibility index (Phi) is 9.28. The first kappa shape index (κ1) is 25.5. The molecule has 0 aliphatic heterocycles. The van der Waals surface area contributed by atoms with Gasteiger partial charge in [-0.2, -0.15) is 0 Å². The van der Waals surface area contributed by atoms with Gasteiger partial charge in [0.1, 0.15) is 6.54 Å². The quantitative estimate of drug-likeness (QED) is 0.364. The molecule has 0 bridgehead atoms. The van der Waals surface area contributed by atoms with Crippen LogP contribution in [0.15, 0.2) is 66.0 Å². The van der Waals surface area contributed by atoms with Gasteiger partial charge in [-0.3, -0.25) is 4.79 Å². The molecule has 1 N–H and O–H groups in total. The first-order valence-corrected chi connectivity index (χ1v) is 12.7. The molecule has 0 radical (unpaired) electrons. The Balaban J connectivity index is 1.77. The summed E-state index contributed by atoms with van der Waals surface area (Å²) in [5, 5.41) is 5.02. The molecule has 6 heteroatoms. The van der Waals surface area contributed by atoms with Crippen molar-refractivity contribution in [1.82, 2.24) is 9.80 Å². The van der Waals surface area contributed by atoms with Crippen LogP contribution >= 0.6 is 11.3 Å². The topological polar surface area (TPSA) is 52.7 Å². The summed E-state index contributed by atoms with van der Waals surface area (Å²) in [7, 11) is 0. The normalized spacial score (nSPS) is 11.6. The summed E-state index contributed by atoms with van der Waals surface area (Å²) in [6, 6.07) is 19.7. The minimum Gasteiger partial charge on any atom is -0.332 e. The minimum atomic E-state index is -0.243. The van der Waals surface area contributed by atoms with E-state index < -0.39 is 0 Å². The monoisotopic (exact) mass is 477 g/mol. The number of thiophene rings is 1. The van der Waals surface area contributed by atoms with Crippen LogP contribution in [0.2, 0.25) is 0 Å². The van der Waals surface area contributed by atoms with E-state index in [1.54, 1.807) is 16.2 Å². The van der Waals surface area contributed by atoms with Gasteiger partial charge in [0, 0.05) is 23.7 Å². The maximum absolute atomic E-state index is 13.5. The largest absolute Gasteiger partial charge is 0.332 e. The Morgan fingerprint density at radius 2 is 1.71 bits per heavy atom. The van der Waals surface area contributed by atoms with Crippen LogP contribution in [0.1, 0.15) is 41.8 Å². The van der Waals surface area contributed by atoms with Gasteiger partial charge in [-0.1, -0.05) is 62.7 Å². The lowest BCUT2D eigenvalue weighted by Crippen LogP contribution is -2.45. The van der Waals surface area contributed by atoms with Crippen LogP contribution in [-0.2, 0) is 17.9 Å². The van der Waals surface area contributed by atoms with Gasteiger partial charge >= 0.3 is 6.03 Å². The Hall–Kier alpha value is -3.12. The average molecular weight is 478 g/mol. The first-order chi connectivity index (χ1) is 16.4. The predicted molar refractivity (Wildman–Crippen MR) is 141 cm³/mol. The Labute approximate surface area is 207 Å². The number of anilines is 1. The summed E-state index contributed by atoms with van der Waals surface area (Å²) in [5.41, 5.74) is 4.11. The first-order valence-electron chi connectivity index (χ1n) is 11.8. The van der Waals surface area contributed by atoms with Gasteiger partial charge in [0.15, 0.2) is 0 Å². The fourth-order valence-corrected chi connectivity index (χ4v) is 4.36. The van der Waals surface area contributed by atoms with Crippen molar-refractivity contribution in [2.45, 2.75) is 47.2 Å². The van der Waals surface area contributed by atoms with Gasteiger partial charge in [-0.05, 0) is 60.0 Å². The molecule has 34 heavy (non-hydrogen) atoms. The summed E-state index contributed by atoms with van der Waals surface area (Å²) in [6.45, 7) is 9.88. The minimum absolute atomic E-state index is 0.0409. The van der Waals surface area contributed by atoms with Crippen molar-refractivity contribution < 1.29 is 9.59 Å². The third kappa shape index (κ3) is 7.45. The van der Waals surface area contributed by atoms with E-state index in [-0.39, 0.29) is 24.4 Å². The standard InChI is InChI=1S/C28H35N3O2S/c1-5-21(2)17-31(28(33)29-25-14-13-22(3)23(4)16-25)20-27(32)30(19-26-12-9-15-34-26)18-24-10-7-6-8-11-24/h6-16,21H,5,17-20H2,1-4H3,(H,29,33). The molecule has 1 aromatic heterocycles. The molecule has 5 nitrogen and oxygen atoms in total. The number of nitrogens with zero attached hydrogens (tertiary/aromatic N) is 2. The average Bonchev–Trinajstić information content (AvgIpc) is 3.34. The van der Waals surface area contributed by atoms with Crippen LogP contribution in [-0.4, -0.2) is 34.8 Å².